The maximum absolute atomic E-state index is 13.0. The molecule has 0 aliphatic heterocycles. The van der Waals surface area contributed by atoms with E-state index in [0.29, 0.717) is 0 Å². The van der Waals surface area contributed by atoms with Crippen LogP contribution in [0.4, 0.5) is 17.6 Å². The highest BCUT2D eigenvalue weighted by Gasteiger charge is 2.12. The zero-order valence-corrected chi connectivity index (χ0v) is 20.0. The van der Waals surface area contributed by atoms with Gasteiger partial charge in [-0.3, -0.25) is 14.5 Å². The van der Waals surface area contributed by atoms with Crippen molar-refractivity contribution in [1.82, 2.24) is 19.8 Å². The molecule has 8 nitrogen and oxygen atoms in total. The molecule has 0 unspecified atom stereocenters. The van der Waals surface area contributed by atoms with Gasteiger partial charge >= 0.3 is 0 Å². The third kappa shape index (κ3) is 11.6. The number of hydrogen-bond acceptors (Lipinski definition) is 8. The Bertz CT molecular complexity index is 968. The summed E-state index contributed by atoms with van der Waals surface area (Å²) in [5.41, 5.74) is -0.960. The van der Waals surface area contributed by atoms with Crippen LogP contribution in [0.3, 0.4) is 0 Å². The number of hydrogen-bond donors (Lipinski definition) is 0. The Morgan fingerprint density at radius 1 is 0.853 bits per heavy atom. The molecule has 188 valence electrons. The van der Waals surface area contributed by atoms with Gasteiger partial charge in [-0.15, -0.1) is 0 Å². The van der Waals surface area contributed by atoms with Crippen molar-refractivity contribution in [2.24, 2.45) is 0 Å². The van der Waals surface area contributed by atoms with Gasteiger partial charge < -0.3 is 14.4 Å². The molecule has 0 amide bonds. The van der Waals surface area contributed by atoms with Crippen LogP contribution < -0.4 is 0 Å². The average Bonchev–Trinajstić information content (AvgIpc) is 2.76. The van der Waals surface area contributed by atoms with Gasteiger partial charge in [-0.1, -0.05) is 0 Å². The third-order valence-electron chi connectivity index (χ3n) is 3.54. The van der Waals surface area contributed by atoms with E-state index < -0.39 is 46.5 Å². The maximum atomic E-state index is 13.0. The van der Waals surface area contributed by atoms with Gasteiger partial charge in [0, 0.05) is 47.5 Å². The monoisotopic (exact) mass is 488 g/mol. The average molecular weight is 488 g/mol. The zero-order valence-electron chi connectivity index (χ0n) is 20.0. The smallest absolute Gasteiger partial charge is 0.217 e. The van der Waals surface area contributed by atoms with Gasteiger partial charge in [0.2, 0.25) is 24.1 Å². The van der Waals surface area contributed by atoms with Crippen LogP contribution in [0.25, 0.3) is 0 Å². The fourth-order valence-electron chi connectivity index (χ4n) is 2.07. The molecule has 0 N–H and O–H groups in total. The molecule has 0 saturated heterocycles. The number of carbonyl (C=O) groups excluding carboxylic acids is 2. The Morgan fingerprint density at radius 2 is 1.29 bits per heavy atom. The Morgan fingerprint density at radius 3 is 1.62 bits per heavy atom. The highest BCUT2D eigenvalue weighted by Crippen LogP contribution is 2.07. The molecule has 0 saturated carbocycles. The summed E-state index contributed by atoms with van der Waals surface area (Å²) in [6.07, 6.45) is 2.36. The van der Waals surface area contributed by atoms with E-state index in [0.717, 1.165) is 37.3 Å². The van der Waals surface area contributed by atoms with Crippen LogP contribution in [0, 0.1) is 23.5 Å². The standard InChI is InChI=1S/C10H10F2N2O.C7H5F2NO.C5H13NO2/c1-14(2)6-5-8(15)10-7(11)3-4-9(12)13-10;1-4(11)7-5(8)2-3-6(9)10-7;1-6(2)5(7-3)8-4/h3-6H,1-2H3;2-3H,1H3;5H,1-4H3/b6-5+;;. The molecule has 2 aromatic heterocycles. The van der Waals surface area contributed by atoms with Gasteiger partial charge in [-0.2, -0.15) is 8.78 Å². The van der Waals surface area contributed by atoms with Crippen molar-refractivity contribution in [3.8, 4) is 0 Å². The fourth-order valence-corrected chi connectivity index (χ4v) is 2.07. The molecular weight excluding hydrogens is 460 g/mol. The second kappa shape index (κ2) is 15.6. The van der Waals surface area contributed by atoms with Crippen LogP contribution in [-0.2, 0) is 9.47 Å². The Labute approximate surface area is 195 Å². The van der Waals surface area contributed by atoms with Crippen molar-refractivity contribution in [3.05, 3.63) is 71.5 Å². The van der Waals surface area contributed by atoms with Gasteiger partial charge in [0.05, 0.1) is 0 Å². The maximum Gasteiger partial charge on any atom is 0.217 e. The first-order valence-corrected chi connectivity index (χ1v) is 9.60. The molecule has 0 aliphatic carbocycles. The van der Waals surface area contributed by atoms with Gasteiger partial charge in [-0.25, -0.2) is 18.7 Å². The molecule has 0 spiro atoms. The first-order chi connectivity index (χ1) is 15.8. The molecule has 0 atom stereocenters. The second-order valence-electron chi connectivity index (χ2n) is 6.87. The molecule has 0 bridgehead atoms. The van der Waals surface area contributed by atoms with Gasteiger partial charge in [0.1, 0.15) is 11.4 Å². The van der Waals surface area contributed by atoms with Crippen LogP contribution >= 0.6 is 0 Å². The summed E-state index contributed by atoms with van der Waals surface area (Å²) >= 11 is 0. The molecular formula is C22H28F4N4O4. The summed E-state index contributed by atoms with van der Waals surface area (Å²) in [4.78, 5) is 31.6. The minimum atomic E-state index is -0.877. The quantitative estimate of drug-likeness (QED) is 0.193. The highest BCUT2D eigenvalue weighted by atomic mass is 19.1. The van der Waals surface area contributed by atoms with Gasteiger partial charge in [0.25, 0.3) is 0 Å². The number of Topliss-reactive ketones (excluding diaryl/α,β-unsaturated/α-hetero) is 1. The Kier molecular flexibility index (Phi) is 14.1. The van der Waals surface area contributed by atoms with E-state index in [1.165, 1.54) is 6.20 Å². The van der Waals surface area contributed by atoms with Crippen LogP contribution in [0.5, 0.6) is 0 Å². The van der Waals surface area contributed by atoms with Crippen molar-refractivity contribution in [2.45, 2.75) is 13.3 Å². The van der Waals surface area contributed by atoms with Crippen molar-refractivity contribution >= 4 is 11.6 Å². The first-order valence-electron chi connectivity index (χ1n) is 9.60. The molecule has 2 rings (SSSR count). The number of nitrogens with zero attached hydrogens (tertiary/aromatic N) is 4. The van der Waals surface area contributed by atoms with E-state index in [-0.39, 0.29) is 6.41 Å². The van der Waals surface area contributed by atoms with Gasteiger partial charge in [-0.05, 0) is 38.4 Å². The normalized spacial score (nSPS) is 10.5. The molecule has 12 heteroatoms. The molecule has 0 aliphatic rings. The minimum absolute atomic E-state index is 0.213. The number of aromatic nitrogens is 2. The summed E-state index contributed by atoms with van der Waals surface area (Å²) in [6, 6.07) is 3.47. The fraction of sp³-hybridized carbons (Fsp3) is 0.364. The number of halogens is 4. The SMILES string of the molecule is CC(=O)c1nc(F)ccc1F.CN(C)/C=C/C(=O)c1nc(F)ccc1F.COC(OC)N(C)C. The number of methoxy groups -OCH3 is 2. The predicted octanol–water partition coefficient (Wildman–Crippen LogP) is 3.30. The largest absolute Gasteiger partial charge is 0.383 e. The van der Waals surface area contributed by atoms with Crippen molar-refractivity contribution in [1.29, 1.82) is 0 Å². The van der Waals surface area contributed by atoms with E-state index in [9.17, 15) is 27.2 Å². The predicted molar refractivity (Wildman–Crippen MR) is 117 cm³/mol. The number of ether oxygens (including phenoxy) is 2. The minimum Gasteiger partial charge on any atom is -0.383 e. The lowest BCUT2D eigenvalue weighted by Gasteiger charge is -2.19. The number of ketones is 2. The lowest BCUT2D eigenvalue weighted by molar-refractivity contribution is -0.179. The van der Waals surface area contributed by atoms with Crippen LogP contribution in [0.1, 0.15) is 27.9 Å². The Balaban J connectivity index is 0.000000507. The summed E-state index contributed by atoms with van der Waals surface area (Å²) in [5.74, 6) is -4.60. The van der Waals surface area contributed by atoms with E-state index in [2.05, 4.69) is 9.97 Å². The highest BCUT2D eigenvalue weighted by molar-refractivity contribution is 6.03. The first kappa shape index (κ1) is 30.8. The topological polar surface area (TPSA) is 84.9 Å². The van der Waals surface area contributed by atoms with E-state index in [1.807, 2.05) is 19.0 Å². The molecule has 2 aromatic rings. The van der Waals surface area contributed by atoms with Crippen LogP contribution in [-0.4, -0.2) is 80.2 Å². The second-order valence-corrected chi connectivity index (χ2v) is 6.87. The Hall–Kier alpha value is -3.22. The van der Waals surface area contributed by atoms with E-state index in [4.69, 9.17) is 9.47 Å². The summed E-state index contributed by atoms with van der Waals surface area (Å²) in [6.45, 7) is 1.13. The van der Waals surface area contributed by atoms with Gasteiger partial charge in [0.15, 0.2) is 17.4 Å². The molecule has 0 radical (unpaired) electrons. The van der Waals surface area contributed by atoms with Crippen molar-refractivity contribution in [3.63, 3.8) is 0 Å². The van der Waals surface area contributed by atoms with E-state index in [1.54, 1.807) is 33.2 Å². The molecule has 0 aromatic carbocycles. The summed E-state index contributed by atoms with van der Waals surface area (Å²) in [7, 11) is 10.4. The van der Waals surface area contributed by atoms with Crippen molar-refractivity contribution < 1.29 is 36.6 Å². The molecule has 2 heterocycles. The van der Waals surface area contributed by atoms with Crippen molar-refractivity contribution in [2.75, 3.05) is 42.4 Å². The lowest BCUT2D eigenvalue weighted by atomic mass is 10.2. The third-order valence-corrected chi connectivity index (χ3v) is 3.54. The van der Waals surface area contributed by atoms with Crippen LogP contribution in [0.15, 0.2) is 36.5 Å². The van der Waals surface area contributed by atoms with Crippen LogP contribution in [0.2, 0.25) is 0 Å². The number of rotatable bonds is 7. The lowest BCUT2D eigenvalue weighted by Crippen LogP contribution is -2.30. The number of allylic oxidation sites excluding steroid dienone is 1. The number of pyridine rings is 2. The molecule has 0 fully saturated rings. The molecule has 34 heavy (non-hydrogen) atoms. The summed E-state index contributed by atoms with van der Waals surface area (Å²) < 4.78 is 60.3. The zero-order chi connectivity index (χ0) is 26.4. The van der Waals surface area contributed by atoms with E-state index >= 15 is 0 Å². The number of carbonyl (C=O) groups is 2. The summed E-state index contributed by atoms with van der Waals surface area (Å²) in [5, 5.41) is 0.